The van der Waals surface area contributed by atoms with E-state index in [1.54, 1.807) is 35.1 Å². The second kappa shape index (κ2) is 16.6. The Kier molecular flexibility index (Phi) is 11.3. The number of hydrogen-bond donors (Lipinski definition) is 2. The van der Waals surface area contributed by atoms with Crippen molar-refractivity contribution in [2.45, 2.75) is 44.0 Å². The van der Waals surface area contributed by atoms with Gasteiger partial charge in [0.05, 0.1) is 45.1 Å². The summed E-state index contributed by atoms with van der Waals surface area (Å²) < 4.78 is 13.0. The van der Waals surface area contributed by atoms with Crippen molar-refractivity contribution < 1.29 is 29.0 Å². The van der Waals surface area contributed by atoms with E-state index in [1.807, 2.05) is 91.0 Å². The van der Waals surface area contributed by atoms with Crippen LogP contribution in [0.5, 0.6) is 0 Å². The van der Waals surface area contributed by atoms with Gasteiger partial charge in [0.25, 0.3) is 0 Å². The minimum absolute atomic E-state index is 0.194. The SMILES string of the molecule is COC(=O)N(c1ccccc1)[C@@H](Cc1ccccc1)C(=O)Nc1ccccc1CC[C@@H]1CN(C(=O)O)[C@H](Cn2cc(-c3ccccc3)nn2)CO1. The molecule has 1 aromatic heterocycles. The largest absolute Gasteiger partial charge is 0.465 e. The van der Waals surface area contributed by atoms with Crippen molar-refractivity contribution in [1.82, 2.24) is 19.9 Å². The first kappa shape index (κ1) is 34.8. The van der Waals surface area contributed by atoms with Crippen molar-refractivity contribution in [2.75, 3.05) is 30.5 Å². The second-order valence-electron chi connectivity index (χ2n) is 12.3. The van der Waals surface area contributed by atoms with Crippen molar-refractivity contribution in [2.24, 2.45) is 0 Å². The van der Waals surface area contributed by atoms with Crippen LogP contribution < -0.4 is 10.2 Å². The van der Waals surface area contributed by atoms with Gasteiger partial charge in [0.1, 0.15) is 11.7 Å². The van der Waals surface area contributed by atoms with Gasteiger partial charge in [0.15, 0.2) is 0 Å². The lowest BCUT2D eigenvalue weighted by molar-refractivity contribution is -0.117. The molecule has 0 bridgehead atoms. The van der Waals surface area contributed by atoms with Gasteiger partial charge in [-0.2, -0.15) is 0 Å². The molecule has 1 aliphatic rings. The molecule has 2 N–H and O–H groups in total. The number of ether oxygens (including phenoxy) is 2. The molecule has 1 aliphatic heterocycles. The molecule has 0 aliphatic carbocycles. The number of carboxylic acid groups (broad SMARTS) is 1. The van der Waals surface area contributed by atoms with E-state index in [0.29, 0.717) is 36.5 Å². The number of aryl methyl sites for hydroxylation is 1. The van der Waals surface area contributed by atoms with Gasteiger partial charge in [-0.1, -0.05) is 102 Å². The van der Waals surface area contributed by atoms with Crippen LogP contribution in [-0.4, -0.2) is 81.5 Å². The number of nitrogens with one attached hydrogen (secondary N) is 1. The van der Waals surface area contributed by atoms with Gasteiger partial charge in [-0.05, 0) is 42.2 Å². The van der Waals surface area contributed by atoms with Crippen molar-refractivity contribution in [3.8, 4) is 11.3 Å². The molecular weight excluding hydrogens is 648 g/mol. The molecule has 51 heavy (non-hydrogen) atoms. The lowest BCUT2D eigenvalue weighted by atomic mass is 10.0. The zero-order valence-electron chi connectivity index (χ0n) is 28.2. The molecule has 5 aromatic rings. The Morgan fingerprint density at radius 2 is 1.61 bits per heavy atom. The third kappa shape index (κ3) is 8.78. The number of carbonyl (C=O) groups excluding carboxylic acids is 2. The molecule has 1 fully saturated rings. The third-order valence-corrected chi connectivity index (χ3v) is 8.92. The van der Waals surface area contributed by atoms with E-state index in [2.05, 4.69) is 15.6 Å². The zero-order valence-corrected chi connectivity index (χ0v) is 28.2. The highest BCUT2D eigenvalue weighted by Crippen LogP contribution is 2.25. The molecule has 2 heterocycles. The highest BCUT2D eigenvalue weighted by atomic mass is 16.5. The van der Waals surface area contributed by atoms with Crippen molar-refractivity contribution in [3.63, 3.8) is 0 Å². The number of carbonyl (C=O) groups is 3. The van der Waals surface area contributed by atoms with Crippen molar-refractivity contribution in [1.29, 1.82) is 0 Å². The van der Waals surface area contributed by atoms with Crippen molar-refractivity contribution in [3.05, 3.63) is 133 Å². The first-order valence-electron chi connectivity index (χ1n) is 16.8. The second-order valence-corrected chi connectivity index (χ2v) is 12.3. The summed E-state index contributed by atoms with van der Waals surface area (Å²) in [4.78, 5) is 42.4. The number of hydrogen-bond acceptors (Lipinski definition) is 7. The number of aromatic nitrogens is 3. The predicted molar refractivity (Wildman–Crippen MR) is 192 cm³/mol. The molecule has 1 saturated heterocycles. The molecule has 0 saturated carbocycles. The standard InChI is InChI=1S/C39H40N6O6/c1-50-39(49)45(31-18-9-4-10-19-31)36(23-28-13-5-2-6-14-28)37(46)40-34-20-12-11-17-30(34)21-22-33-25-44(38(47)48)32(27-51-33)24-43-26-35(41-42-43)29-15-7-3-8-16-29/h2-20,26,32-33,36H,21-25,27H2,1H3,(H,40,46)(H,47,48)/t32-,33-,36+/m1/s1. The molecule has 262 valence electrons. The Balaban J connectivity index is 1.13. The maximum Gasteiger partial charge on any atom is 0.414 e. The number of rotatable bonds is 12. The summed E-state index contributed by atoms with van der Waals surface area (Å²) in [5.74, 6) is -0.377. The topological polar surface area (TPSA) is 139 Å². The quantitative estimate of drug-likeness (QED) is 0.159. The average Bonchev–Trinajstić information content (AvgIpc) is 3.64. The van der Waals surface area contributed by atoms with Gasteiger partial charge in [0.2, 0.25) is 5.91 Å². The number of nitrogens with zero attached hydrogens (tertiary/aromatic N) is 5. The van der Waals surface area contributed by atoms with Gasteiger partial charge in [0, 0.05) is 23.4 Å². The Morgan fingerprint density at radius 3 is 2.31 bits per heavy atom. The molecule has 12 heteroatoms. The van der Waals surface area contributed by atoms with Crippen LogP contribution in [0.3, 0.4) is 0 Å². The molecule has 0 spiro atoms. The zero-order chi connectivity index (χ0) is 35.6. The van der Waals surface area contributed by atoms with Gasteiger partial charge >= 0.3 is 12.2 Å². The molecule has 3 amide bonds. The lowest BCUT2D eigenvalue weighted by Gasteiger charge is -2.38. The average molecular weight is 689 g/mol. The van der Waals surface area contributed by atoms with Crippen molar-refractivity contribution >= 4 is 29.5 Å². The Hall–Kier alpha value is -6.01. The number of methoxy groups -OCH3 is 1. The van der Waals surface area contributed by atoms with Gasteiger partial charge in [-0.15, -0.1) is 5.10 Å². The van der Waals surface area contributed by atoms with E-state index < -0.39 is 24.3 Å². The molecule has 0 unspecified atom stereocenters. The van der Waals surface area contributed by atoms with Crippen LogP contribution in [0.2, 0.25) is 0 Å². The normalized spacial score (nSPS) is 16.2. The van der Waals surface area contributed by atoms with Crippen LogP contribution in [0, 0.1) is 0 Å². The van der Waals surface area contributed by atoms with Crippen LogP contribution in [-0.2, 0) is 33.7 Å². The molecule has 12 nitrogen and oxygen atoms in total. The number of para-hydroxylation sites is 2. The Morgan fingerprint density at radius 1 is 0.941 bits per heavy atom. The summed E-state index contributed by atoms with van der Waals surface area (Å²) in [5.41, 5.74) is 4.51. The first-order valence-corrected chi connectivity index (χ1v) is 16.8. The minimum Gasteiger partial charge on any atom is -0.465 e. The summed E-state index contributed by atoms with van der Waals surface area (Å²) in [6.45, 7) is 0.711. The van der Waals surface area contributed by atoms with Crippen LogP contribution >= 0.6 is 0 Å². The van der Waals surface area contributed by atoms with Gasteiger partial charge in [-0.3, -0.25) is 14.6 Å². The van der Waals surface area contributed by atoms with Crippen LogP contribution in [0.4, 0.5) is 21.0 Å². The van der Waals surface area contributed by atoms with Gasteiger partial charge < -0.3 is 19.9 Å². The summed E-state index contributed by atoms with van der Waals surface area (Å²) >= 11 is 0. The molecular formula is C39H40N6O6. The Bertz CT molecular complexity index is 1910. The number of anilines is 2. The predicted octanol–water partition coefficient (Wildman–Crippen LogP) is 6.15. The van der Waals surface area contributed by atoms with E-state index >= 15 is 0 Å². The van der Waals surface area contributed by atoms with Gasteiger partial charge in [-0.25, -0.2) is 14.3 Å². The van der Waals surface area contributed by atoms with E-state index in [-0.39, 0.29) is 31.6 Å². The highest BCUT2D eigenvalue weighted by molar-refractivity contribution is 6.03. The summed E-state index contributed by atoms with van der Waals surface area (Å²) in [6.07, 6.45) is 1.08. The third-order valence-electron chi connectivity index (χ3n) is 8.92. The fourth-order valence-electron chi connectivity index (χ4n) is 6.29. The maximum atomic E-state index is 14.1. The number of morpholine rings is 1. The van der Waals surface area contributed by atoms with E-state index in [1.165, 1.54) is 16.9 Å². The monoisotopic (exact) mass is 688 g/mol. The Labute approximate surface area is 296 Å². The molecule has 4 aromatic carbocycles. The molecule has 3 atom stereocenters. The van der Waals surface area contributed by atoms with Crippen LogP contribution in [0.25, 0.3) is 11.3 Å². The van der Waals surface area contributed by atoms with Crippen LogP contribution in [0.1, 0.15) is 17.5 Å². The number of amides is 3. The maximum absolute atomic E-state index is 14.1. The van der Waals surface area contributed by atoms with E-state index in [9.17, 15) is 19.5 Å². The summed E-state index contributed by atoms with van der Waals surface area (Å²) in [5, 5.41) is 21.6. The molecule has 6 rings (SSSR count). The van der Waals surface area contributed by atoms with E-state index in [0.717, 1.165) is 16.7 Å². The van der Waals surface area contributed by atoms with Crippen LogP contribution in [0.15, 0.2) is 121 Å². The smallest absolute Gasteiger partial charge is 0.414 e. The number of benzene rings is 4. The summed E-state index contributed by atoms with van der Waals surface area (Å²) in [6, 6.07) is 34.3. The lowest BCUT2D eigenvalue weighted by Crippen LogP contribution is -2.53. The highest BCUT2D eigenvalue weighted by Gasteiger charge is 2.34. The van der Waals surface area contributed by atoms with E-state index in [4.69, 9.17) is 9.47 Å². The fraction of sp³-hybridized carbons (Fsp3) is 0.256. The first-order chi connectivity index (χ1) is 24.9. The fourth-order valence-corrected chi connectivity index (χ4v) is 6.29. The molecule has 0 radical (unpaired) electrons. The summed E-state index contributed by atoms with van der Waals surface area (Å²) in [7, 11) is 1.29. The minimum atomic E-state index is -1.03.